The second-order valence-electron chi connectivity index (χ2n) is 4.80. The summed E-state index contributed by atoms with van der Waals surface area (Å²) < 4.78 is 0. The number of carbonyl (C=O) groups is 1. The number of hydrogen-bond acceptors (Lipinski definition) is 3. The van der Waals surface area contributed by atoms with E-state index in [-0.39, 0.29) is 11.7 Å². The van der Waals surface area contributed by atoms with Gasteiger partial charge >= 0.3 is 0 Å². The van der Waals surface area contributed by atoms with Crippen molar-refractivity contribution in [3.8, 4) is 5.75 Å². The SMILES string of the molecule is C=C(C)C(=O)Nc1ccc(O)c(CNc2ccccc2)c1. The molecule has 2 rings (SSSR count). The summed E-state index contributed by atoms with van der Waals surface area (Å²) >= 11 is 0. The Morgan fingerprint density at radius 2 is 1.86 bits per heavy atom. The molecule has 0 radical (unpaired) electrons. The topological polar surface area (TPSA) is 61.4 Å². The predicted molar refractivity (Wildman–Crippen MR) is 85.3 cm³/mol. The van der Waals surface area contributed by atoms with Gasteiger partial charge in [-0.1, -0.05) is 24.8 Å². The van der Waals surface area contributed by atoms with Gasteiger partial charge in [0.2, 0.25) is 0 Å². The van der Waals surface area contributed by atoms with Gasteiger partial charge in [0.25, 0.3) is 5.91 Å². The van der Waals surface area contributed by atoms with Crippen molar-refractivity contribution in [2.45, 2.75) is 13.5 Å². The number of carbonyl (C=O) groups excluding carboxylic acids is 1. The lowest BCUT2D eigenvalue weighted by Crippen LogP contribution is -2.12. The molecule has 0 aliphatic carbocycles. The van der Waals surface area contributed by atoms with Crippen LogP contribution in [0.1, 0.15) is 12.5 Å². The van der Waals surface area contributed by atoms with Gasteiger partial charge in [-0.05, 0) is 37.3 Å². The van der Waals surface area contributed by atoms with Crippen LogP contribution in [0.25, 0.3) is 0 Å². The molecule has 0 aliphatic rings. The van der Waals surface area contributed by atoms with E-state index in [0.717, 1.165) is 5.69 Å². The van der Waals surface area contributed by atoms with Gasteiger partial charge in [0.05, 0.1) is 0 Å². The van der Waals surface area contributed by atoms with Crippen LogP contribution in [0.3, 0.4) is 0 Å². The molecule has 2 aromatic rings. The summed E-state index contributed by atoms with van der Waals surface area (Å²) in [6, 6.07) is 14.7. The number of hydrogen-bond donors (Lipinski definition) is 3. The summed E-state index contributed by atoms with van der Waals surface area (Å²) in [5, 5.41) is 15.8. The Morgan fingerprint density at radius 1 is 1.14 bits per heavy atom. The van der Waals surface area contributed by atoms with E-state index in [4.69, 9.17) is 0 Å². The Balaban J connectivity index is 2.08. The third-order valence-electron chi connectivity index (χ3n) is 2.98. The van der Waals surface area contributed by atoms with Crippen molar-refractivity contribution in [2.75, 3.05) is 10.6 Å². The maximum Gasteiger partial charge on any atom is 0.250 e. The minimum absolute atomic E-state index is 0.187. The van der Waals surface area contributed by atoms with Gasteiger partial charge in [-0.25, -0.2) is 0 Å². The average Bonchev–Trinajstić information content (AvgIpc) is 2.48. The first-order chi connectivity index (χ1) is 10.1. The summed E-state index contributed by atoms with van der Waals surface area (Å²) in [5.74, 6) is -0.0468. The highest BCUT2D eigenvalue weighted by molar-refractivity contribution is 6.02. The molecule has 21 heavy (non-hydrogen) atoms. The highest BCUT2D eigenvalue weighted by Gasteiger charge is 2.06. The van der Waals surface area contributed by atoms with Crippen molar-refractivity contribution in [3.63, 3.8) is 0 Å². The molecule has 108 valence electrons. The number of benzene rings is 2. The van der Waals surface area contributed by atoms with Crippen LogP contribution in [-0.2, 0) is 11.3 Å². The van der Waals surface area contributed by atoms with Crippen LogP contribution < -0.4 is 10.6 Å². The van der Waals surface area contributed by atoms with E-state index in [1.165, 1.54) is 0 Å². The highest BCUT2D eigenvalue weighted by Crippen LogP contribution is 2.23. The second kappa shape index (κ2) is 6.61. The summed E-state index contributed by atoms with van der Waals surface area (Å²) in [6.07, 6.45) is 0. The standard InChI is InChI=1S/C17H18N2O2/c1-12(2)17(21)19-15-8-9-16(20)13(10-15)11-18-14-6-4-3-5-7-14/h3-10,18,20H,1,11H2,2H3,(H,19,21). The molecule has 0 aromatic heterocycles. The minimum atomic E-state index is -0.234. The number of rotatable bonds is 5. The molecule has 0 fully saturated rings. The van der Waals surface area contributed by atoms with E-state index in [1.807, 2.05) is 30.3 Å². The molecule has 3 N–H and O–H groups in total. The third kappa shape index (κ3) is 4.11. The van der Waals surface area contributed by atoms with Crippen molar-refractivity contribution >= 4 is 17.3 Å². The van der Waals surface area contributed by atoms with E-state index in [0.29, 0.717) is 23.4 Å². The number of phenols is 1. The van der Waals surface area contributed by atoms with Gasteiger partial charge in [0.15, 0.2) is 0 Å². The fourth-order valence-corrected chi connectivity index (χ4v) is 1.80. The van der Waals surface area contributed by atoms with Gasteiger partial charge in [-0.3, -0.25) is 4.79 Å². The second-order valence-corrected chi connectivity index (χ2v) is 4.80. The number of para-hydroxylation sites is 1. The Bertz CT molecular complexity index is 651. The minimum Gasteiger partial charge on any atom is -0.508 e. The van der Waals surface area contributed by atoms with Crippen LogP contribution >= 0.6 is 0 Å². The number of phenolic OH excluding ortho intramolecular Hbond substituents is 1. The highest BCUT2D eigenvalue weighted by atomic mass is 16.3. The zero-order valence-corrected chi connectivity index (χ0v) is 11.9. The Kier molecular flexibility index (Phi) is 4.61. The molecule has 0 saturated heterocycles. The molecule has 0 spiro atoms. The van der Waals surface area contributed by atoms with Crippen molar-refractivity contribution in [1.29, 1.82) is 0 Å². The lowest BCUT2D eigenvalue weighted by Gasteiger charge is -2.11. The molecule has 0 bridgehead atoms. The predicted octanol–water partition coefficient (Wildman–Crippen LogP) is 3.52. The Labute approximate surface area is 124 Å². The third-order valence-corrected chi connectivity index (χ3v) is 2.98. The molecule has 0 saturated carbocycles. The van der Waals surface area contributed by atoms with Crippen molar-refractivity contribution < 1.29 is 9.90 Å². The zero-order valence-electron chi connectivity index (χ0n) is 11.9. The first-order valence-corrected chi connectivity index (χ1v) is 6.64. The van der Waals surface area contributed by atoms with Crippen molar-refractivity contribution in [2.24, 2.45) is 0 Å². The number of nitrogens with one attached hydrogen (secondary N) is 2. The van der Waals surface area contributed by atoms with E-state index in [9.17, 15) is 9.90 Å². The largest absolute Gasteiger partial charge is 0.508 e. The lowest BCUT2D eigenvalue weighted by atomic mass is 10.1. The smallest absolute Gasteiger partial charge is 0.250 e. The molecule has 0 unspecified atom stereocenters. The molecule has 4 heteroatoms. The maximum atomic E-state index is 11.6. The quantitative estimate of drug-likeness (QED) is 0.581. The van der Waals surface area contributed by atoms with Crippen molar-refractivity contribution in [3.05, 3.63) is 66.2 Å². The van der Waals surface area contributed by atoms with Gasteiger partial charge in [0.1, 0.15) is 5.75 Å². The van der Waals surface area contributed by atoms with Gasteiger partial charge < -0.3 is 15.7 Å². The number of anilines is 2. The molecule has 1 amide bonds. The first kappa shape index (κ1) is 14.7. The van der Waals surface area contributed by atoms with E-state index in [2.05, 4.69) is 17.2 Å². The summed E-state index contributed by atoms with van der Waals surface area (Å²) in [7, 11) is 0. The monoisotopic (exact) mass is 282 g/mol. The van der Waals surface area contributed by atoms with Gasteiger partial charge in [-0.15, -0.1) is 0 Å². The Hall–Kier alpha value is -2.75. The normalized spacial score (nSPS) is 9.95. The molecule has 4 nitrogen and oxygen atoms in total. The van der Waals surface area contributed by atoms with E-state index in [1.54, 1.807) is 25.1 Å². The van der Waals surface area contributed by atoms with Crippen LogP contribution in [0.15, 0.2) is 60.7 Å². The van der Waals surface area contributed by atoms with Crippen LogP contribution in [0.2, 0.25) is 0 Å². The zero-order chi connectivity index (χ0) is 15.2. The molecule has 0 atom stereocenters. The Morgan fingerprint density at radius 3 is 2.52 bits per heavy atom. The first-order valence-electron chi connectivity index (χ1n) is 6.64. The lowest BCUT2D eigenvalue weighted by molar-refractivity contribution is -0.112. The number of amides is 1. The number of aromatic hydroxyl groups is 1. The van der Waals surface area contributed by atoms with Gasteiger partial charge in [0, 0.05) is 29.1 Å². The summed E-state index contributed by atoms with van der Waals surface area (Å²) in [6.45, 7) is 5.70. The molecular formula is C17H18N2O2. The summed E-state index contributed by atoms with van der Waals surface area (Å²) in [4.78, 5) is 11.6. The average molecular weight is 282 g/mol. The molecule has 2 aromatic carbocycles. The molecular weight excluding hydrogens is 264 g/mol. The van der Waals surface area contributed by atoms with Crippen molar-refractivity contribution in [1.82, 2.24) is 0 Å². The van der Waals surface area contributed by atoms with E-state index >= 15 is 0 Å². The fraction of sp³-hybridized carbons (Fsp3) is 0.118. The van der Waals surface area contributed by atoms with E-state index < -0.39 is 0 Å². The van der Waals surface area contributed by atoms with Crippen LogP contribution in [-0.4, -0.2) is 11.0 Å². The summed E-state index contributed by atoms with van der Waals surface area (Å²) in [5.41, 5.74) is 2.74. The van der Waals surface area contributed by atoms with Crippen LogP contribution in [0, 0.1) is 0 Å². The molecule has 0 heterocycles. The maximum absolute atomic E-state index is 11.6. The van der Waals surface area contributed by atoms with Crippen LogP contribution in [0.5, 0.6) is 5.75 Å². The van der Waals surface area contributed by atoms with Gasteiger partial charge in [-0.2, -0.15) is 0 Å². The van der Waals surface area contributed by atoms with Crippen LogP contribution in [0.4, 0.5) is 11.4 Å². The molecule has 0 aliphatic heterocycles. The fourth-order valence-electron chi connectivity index (χ4n) is 1.80.